The molecule has 7 N–H and O–H groups in total. The van der Waals surface area contributed by atoms with Gasteiger partial charge in [0.15, 0.2) is 6.04 Å². The van der Waals surface area contributed by atoms with Crippen molar-refractivity contribution < 1.29 is 27.8 Å². The number of alkyl halides is 3. The molecule has 36 heavy (non-hydrogen) atoms. The number of nitrogens with two attached hydrogens (primary N) is 1. The Morgan fingerprint density at radius 2 is 2.03 bits per heavy atom. The van der Waals surface area contributed by atoms with Crippen molar-refractivity contribution in [3.63, 3.8) is 0 Å². The molecule has 1 aromatic carbocycles. The Hall–Kier alpha value is -3.32. The molecule has 5 rings (SSSR count). The fourth-order valence-corrected chi connectivity index (χ4v) is 5.24. The Balaban J connectivity index is 1.33. The minimum atomic E-state index is -4.68. The van der Waals surface area contributed by atoms with Crippen LogP contribution in [-0.2, 0) is 6.54 Å². The van der Waals surface area contributed by atoms with Crippen molar-refractivity contribution >= 4 is 23.4 Å². The number of aliphatic carboxylic acids is 1. The summed E-state index contributed by atoms with van der Waals surface area (Å²) in [5, 5.41) is 18.7. The van der Waals surface area contributed by atoms with Gasteiger partial charge in [-0.3, -0.25) is 10.6 Å². The maximum Gasteiger partial charge on any atom is 0.498 e. The number of piperidine rings is 1. The largest absolute Gasteiger partial charge is 0.498 e. The number of hydrogen-bond acceptors (Lipinski definition) is 8. The molecule has 0 radical (unpaired) electrons. The summed E-state index contributed by atoms with van der Waals surface area (Å²) in [7, 11) is 0. The van der Waals surface area contributed by atoms with Crippen LogP contribution in [-0.4, -0.2) is 64.4 Å². The summed E-state index contributed by atoms with van der Waals surface area (Å²) in [6, 6.07) is 5.44. The second-order valence-electron chi connectivity index (χ2n) is 9.64. The molecule has 0 saturated carbocycles. The number of rotatable bonds is 5. The first-order valence-electron chi connectivity index (χ1n) is 11.8. The van der Waals surface area contributed by atoms with Gasteiger partial charge >= 0.3 is 12.1 Å². The highest BCUT2D eigenvalue weighted by atomic mass is 19.4. The second kappa shape index (κ2) is 9.28. The van der Waals surface area contributed by atoms with Gasteiger partial charge in [0, 0.05) is 43.5 Å². The summed E-state index contributed by atoms with van der Waals surface area (Å²) in [6.07, 6.45) is -4.77. The number of nitrogen functional groups attached to an aromatic ring is 1. The van der Waals surface area contributed by atoms with E-state index in [0.717, 1.165) is 24.1 Å². The molecule has 3 aliphatic rings. The SMILES string of the molecule is Nc1nc(O[C@H](c2ccc3c(c2)CNCN3)C(F)(F)F)cc(N2CCC3(CC2)CN[C@H](C(O)=[OH+])C3)n1. The van der Waals surface area contributed by atoms with E-state index in [-0.39, 0.29) is 22.8 Å². The number of carboxylic acid groups (broad SMARTS) is 1. The molecule has 2 aromatic rings. The van der Waals surface area contributed by atoms with Gasteiger partial charge in [-0.15, -0.1) is 0 Å². The van der Waals surface area contributed by atoms with E-state index < -0.39 is 24.3 Å². The highest BCUT2D eigenvalue weighted by Gasteiger charge is 2.46. The van der Waals surface area contributed by atoms with Crippen molar-refractivity contribution in [1.82, 2.24) is 20.6 Å². The highest BCUT2D eigenvalue weighted by molar-refractivity contribution is 5.75. The lowest BCUT2D eigenvalue weighted by Crippen LogP contribution is -2.41. The Bertz CT molecular complexity index is 1140. The number of hydrogen-bond donors (Lipinski definition) is 5. The molecule has 3 aliphatic heterocycles. The highest BCUT2D eigenvalue weighted by Crippen LogP contribution is 2.41. The number of benzene rings is 1. The van der Waals surface area contributed by atoms with Crippen LogP contribution in [0.5, 0.6) is 5.88 Å². The smallest absolute Gasteiger partial charge is 0.460 e. The van der Waals surface area contributed by atoms with Crippen LogP contribution < -0.4 is 31.3 Å². The molecule has 0 aliphatic carbocycles. The Kier molecular flexibility index (Phi) is 6.29. The summed E-state index contributed by atoms with van der Waals surface area (Å²) in [5.74, 6) is -0.641. The van der Waals surface area contributed by atoms with Gasteiger partial charge in [-0.2, -0.15) is 23.1 Å². The molecule has 4 heterocycles. The quantitative estimate of drug-likeness (QED) is 0.384. The number of carboxylic acids is 1. The van der Waals surface area contributed by atoms with E-state index in [1.807, 2.05) is 4.90 Å². The molecule has 2 fully saturated rings. The molecule has 1 aromatic heterocycles. The average Bonchev–Trinajstić information content (AvgIpc) is 3.25. The lowest BCUT2D eigenvalue weighted by molar-refractivity contribution is -0.198. The van der Waals surface area contributed by atoms with Gasteiger partial charge in [-0.25, -0.2) is 0 Å². The van der Waals surface area contributed by atoms with Crippen LogP contribution in [0, 0.1) is 5.41 Å². The lowest BCUT2D eigenvalue weighted by Gasteiger charge is -2.39. The standard InChI is InChI=1S/C23H28F3N7O3/c24-23(25,26)19(13-1-2-15-14(7-13)10-28-12-30-15)36-18-8-17(31-21(27)32-18)33-5-3-22(4-6-33)9-16(20(34)35)29-11-22/h1-2,7-8,16,19,28-30H,3-6,9-12H2,(H,34,35)(H2,27,31,32)/p+1/t16-,19+/m0/s1. The molecular formula is C23H29F3N7O3+. The molecule has 194 valence electrons. The predicted octanol–water partition coefficient (Wildman–Crippen LogP) is 2.22. The van der Waals surface area contributed by atoms with Crippen LogP contribution in [0.4, 0.5) is 30.6 Å². The molecule has 0 bridgehead atoms. The topological polar surface area (TPSA) is 142 Å². The van der Waals surface area contributed by atoms with Gasteiger partial charge in [0.2, 0.25) is 17.9 Å². The molecule has 0 unspecified atom stereocenters. The van der Waals surface area contributed by atoms with Crippen LogP contribution >= 0.6 is 0 Å². The fraction of sp³-hybridized carbons (Fsp3) is 0.522. The van der Waals surface area contributed by atoms with E-state index >= 15 is 0 Å². The molecule has 2 saturated heterocycles. The van der Waals surface area contributed by atoms with Crippen molar-refractivity contribution in [1.29, 1.82) is 0 Å². The molecule has 10 nitrogen and oxygen atoms in total. The summed E-state index contributed by atoms with van der Waals surface area (Å²) >= 11 is 0. The summed E-state index contributed by atoms with van der Waals surface area (Å²) in [5.41, 5.74) is 7.25. The molecule has 13 heteroatoms. The number of aliphatic hydroxyl groups excluding tert-OH is 1. The first kappa shape index (κ1) is 24.4. The van der Waals surface area contributed by atoms with Gasteiger partial charge in [-0.1, -0.05) is 6.07 Å². The van der Waals surface area contributed by atoms with Gasteiger partial charge in [-0.05, 0) is 42.4 Å². The minimum absolute atomic E-state index is 0.0300. The zero-order valence-electron chi connectivity index (χ0n) is 19.5. The third-order valence-electron chi connectivity index (χ3n) is 7.21. The van der Waals surface area contributed by atoms with Gasteiger partial charge < -0.3 is 30.6 Å². The van der Waals surface area contributed by atoms with Gasteiger partial charge in [0.1, 0.15) is 5.82 Å². The Morgan fingerprint density at radius 1 is 1.25 bits per heavy atom. The third kappa shape index (κ3) is 4.98. The maximum absolute atomic E-state index is 14.1. The minimum Gasteiger partial charge on any atom is -0.460 e. The molecule has 1 spiro atoms. The average molecular weight is 509 g/mol. The summed E-state index contributed by atoms with van der Waals surface area (Å²) < 4.78 is 47.6. The van der Waals surface area contributed by atoms with Crippen molar-refractivity contribution in [2.24, 2.45) is 5.41 Å². The van der Waals surface area contributed by atoms with E-state index in [1.165, 1.54) is 18.2 Å². The maximum atomic E-state index is 14.1. The van der Waals surface area contributed by atoms with E-state index in [9.17, 15) is 23.1 Å². The molecule has 0 amide bonds. The number of halogens is 3. The van der Waals surface area contributed by atoms with Gasteiger partial charge in [0.05, 0.1) is 6.67 Å². The Labute approximate surface area is 205 Å². The summed E-state index contributed by atoms with van der Waals surface area (Å²) in [6.45, 7) is 2.84. The second-order valence-corrected chi connectivity index (χ2v) is 9.64. The zero-order chi connectivity index (χ0) is 25.5. The number of ether oxygens (including phenoxy) is 1. The van der Waals surface area contributed by atoms with Crippen molar-refractivity contribution in [3.05, 3.63) is 35.4 Å². The van der Waals surface area contributed by atoms with Crippen molar-refractivity contribution in [2.75, 3.05) is 42.3 Å². The van der Waals surface area contributed by atoms with Crippen LogP contribution in [0.1, 0.15) is 36.5 Å². The van der Waals surface area contributed by atoms with Gasteiger partial charge in [0.25, 0.3) is 0 Å². The monoisotopic (exact) mass is 508 g/mol. The molecular weight excluding hydrogens is 479 g/mol. The number of anilines is 3. The van der Waals surface area contributed by atoms with Crippen LogP contribution in [0.15, 0.2) is 24.3 Å². The van der Waals surface area contributed by atoms with E-state index in [1.54, 1.807) is 6.07 Å². The number of nitrogens with zero attached hydrogens (tertiary/aromatic N) is 3. The molecule has 2 atom stereocenters. The van der Waals surface area contributed by atoms with Crippen LogP contribution in [0.25, 0.3) is 0 Å². The number of nitrogens with one attached hydrogen (secondary N) is 3. The zero-order valence-corrected chi connectivity index (χ0v) is 19.5. The van der Waals surface area contributed by atoms with E-state index in [4.69, 9.17) is 10.5 Å². The third-order valence-corrected chi connectivity index (χ3v) is 7.21. The normalized spacial score (nSPS) is 22.1. The predicted molar refractivity (Wildman–Crippen MR) is 127 cm³/mol. The van der Waals surface area contributed by atoms with Crippen LogP contribution in [0.2, 0.25) is 0 Å². The lowest BCUT2D eigenvalue weighted by atomic mass is 9.76. The van der Waals surface area contributed by atoms with Crippen LogP contribution in [0.3, 0.4) is 0 Å². The first-order chi connectivity index (χ1) is 17.1. The fourth-order valence-electron chi connectivity index (χ4n) is 5.24. The van der Waals surface area contributed by atoms with Crippen molar-refractivity contribution in [2.45, 2.75) is 44.1 Å². The van der Waals surface area contributed by atoms with Crippen molar-refractivity contribution in [3.8, 4) is 5.88 Å². The van der Waals surface area contributed by atoms with E-state index in [0.29, 0.717) is 45.1 Å². The number of fused-ring (bicyclic) bond motifs is 1. The summed E-state index contributed by atoms with van der Waals surface area (Å²) in [4.78, 5) is 19.5. The van der Waals surface area contributed by atoms with E-state index in [2.05, 4.69) is 25.9 Å². The Morgan fingerprint density at radius 3 is 2.72 bits per heavy atom. The first-order valence-corrected chi connectivity index (χ1v) is 11.8. The number of aromatic nitrogens is 2.